The van der Waals surface area contributed by atoms with Crippen LogP contribution in [0, 0.1) is 0 Å². The van der Waals surface area contributed by atoms with Gasteiger partial charge in [-0.05, 0) is 61.1 Å². The molecule has 0 saturated heterocycles. The monoisotopic (exact) mass is 366 g/mol. The van der Waals surface area contributed by atoms with Crippen molar-refractivity contribution in [2.45, 2.75) is 57.3 Å². The molecule has 3 heteroatoms. The van der Waals surface area contributed by atoms with E-state index in [9.17, 15) is 4.79 Å². The summed E-state index contributed by atoms with van der Waals surface area (Å²) in [4.78, 5) is 11.6. The molecule has 2 aromatic carbocycles. The number of benzene rings is 2. The van der Waals surface area contributed by atoms with Crippen molar-refractivity contribution in [3.63, 3.8) is 0 Å². The van der Waals surface area contributed by atoms with Gasteiger partial charge in [-0.15, -0.1) is 0 Å². The molecule has 0 N–H and O–H groups in total. The Labute approximate surface area is 162 Å². The highest BCUT2D eigenvalue weighted by Crippen LogP contribution is 2.34. The molecule has 0 unspecified atom stereocenters. The van der Waals surface area contributed by atoms with Gasteiger partial charge in [0.15, 0.2) is 0 Å². The van der Waals surface area contributed by atoms with E-state index in [4.69, 9.17) is 9.47 Å². The highest BCUT2D eigenvalue weighted by molar-refractivity contribution is 5.59. The molecule has 1 aliphatic rings. The summed E-state index contributed by atoms with van der Waals surface area (Å²) in [5.74, 6) is 0.763. The molecule has 0 amide bonds. The molecule has 1 fully saturated rings. The zero-order valence-corrected chi connectivity index (χ0v) is 16.1. The minimum Gasteiger partial charge on any atom is -0.434 e. The Bertz CT molecular complexity index is 673. The maximum atomic E-state index is 11.6. The van der Waals surface area contributed by atoms with Gasteiger partial charge in [-0.25, -0.2) is 4.79 Å². The van der Waals surface area contributed by atoms with Gasteiger partial charge in [0, 0.05) is 0 Å². The van der Waals surface area contributed by atoms with Gasteiger partial charge < -0.3 is 9.47 Å². The second-order valence-electron chi connectivity index (χ2n) is 7.36. The average molecular weight is 367 g/mol. The molecule has 3 nitrogen and oxygen atoms in total. The van der Waals surface area contributed by atoms with E-state index in [1.165, 1.54) is 42.4 Å². The molecule has 0 bridgehead atoms. The number of hydrogen-bond acceptors (Lipinski definition) is 3. The van der Waals surface area contributed by atoms with Crippen LogP contribution >= 0.6 is 0 Å². The van der Waals surface area contributed by atoms with Gasteiger partial charge in [0.05, 0.1) is 13.2 Å². The van der Waals surface area contributed by atoms with E-state index in [2.05, 4.69) is 36.4 Å². The third-order valence-corrected chi connectivity index (χ3v) is 5.31. The van der Waals surface area contributed by atoms with Crippen LogP contribution in [0.1, 0.15) is 61.1 Å². The summed E-state index contributed by atoms with van der Waals surface area (Å²) in [6, 6.07) is 19.2. The molecule has 0 aliphatic heterocycles. The van der Waals surface area contributed by atoms with Crippen molar-refractivity contribution in [1.29, 1.82) is 0 Å². The summed E-state index contributed by atoms with van der Waals surface area (Å²) in [5, 5.41) is 0. The normalized spacial score (nSPS) is 14.2. The highest BCUT2D eigenvalue weighted by atomic mass is 16.7. The van der Waals surface area contributed by atoms with E-state index in [0.29, 0.717) is 13.2 Å². The second-order valence-corrected chi connectivity index (χ2v) is 7.36. The fraction of sp³-hybridized carbons (Fsp3) is 0.458. The Morgan fingerprint density at radius 1 is 0.778 bits per heavy atom. The first kappa shape index (κ1) is 19.5. The first-order valence-corrected chi connectivity index (χ1v) is 10.2. The Morgan fingerprint density at radius 3 is 1.93 bits per heavy atom. The summed E-state index contributed by atoms with van der Waals surface area (Å²) in [5.41, 5.74) is 4.04. The van der Waals surface area contributed by atoms with Crippen molar-refractivity contribution in [2.75, 3.05) is 13.2 Å². The zero-order valence-electron chi connectivity index (χ0n) is 16.1. The Kier molecular flexibility index (Phi) is 7.76. The van der Waals surface area contributed by atoms with Crippen molar-refractivity contribution in [2.24, 2.45) is 0 Å². The molecule has 2 aromatic rings. The first-order valence-electron chi connectivity index (χ1n) is 10.2. The van der Waals surface area contributed by atoms with E-state index in [0.717, 1.165) is 31.6 Å². The summed E-state index contributed by atoms with van der Waals surface area (Å²) in [7, 11) is 0. The van der Waals surface area contributed by atoms with E-state index in [1.807, 2.05) is 18.2 Å². The van der Waals surface area contributed by atoms with E-state index in [1.54, 1.807) is 0 Å². The van der Waals surface area contributed by atoms with Gasteiger partial charge in [0.25, 0.3) is 0 Å². The number of ether oxygens (including phenoxy) is 2. The van der Waals surface area contributed by atoms with Crippen molar-refractivity contribution < 1.29 is 14.3 Å². The SMILES string of the molecule is O=C(OCCCc1ccccc1)OCCCc1ccc(C2CCCC2)cc1. The molecule has 0 heterocycles. The van der Waals surface area contributed by atoms with Gasteiger partial charge in [-0.3, -0.25) is 0 Å². The van der Waals surface area contributed by atoms with Crippen LogP contribution in [-0.2, 0) is 22.3 Å². The number of hydrogen-bond donors (Lipinski definition) is 0. The lowest BCUT2D eigenvalue weighted by atomic mass is 9.96. The molecule has 27 heavy (non-hydrogen) atoms. The predicted octanol–water partition coefficient (Wildman–Crippen LogP) is 6.06. The van der Waals surface area contributed by atoms with Crippen LogP contribution in [-0.4, -0.2) is 19.4 Å². The molecule has 0 spiro atoms. The van der Waals surface area contributed by atoms with Crippen molar-refractivity contribution in [3.05, 3.63) is 71.3 Å². The summed E-state index contributed by atoms with van der Waals surface area (Å²) >= 11 is 0. The molecule has 0 atom stereocenters. The lowest BCUT2D eigenvalue weighted by molar-refractivity contribution is 0.0539. The van der Waals surface area contributed by atoms with Gasteiger partial charge in [-0.2, -0.15) is 0 Å². The van der Waals surface area contributed by atoms with Gasteiger partial charge >= 0.3 is 6.16 Å². The highest BCUT2D eigenvalue weighted by Gasteiger charge is 2.16. The van der Waals surface area contributed by atoms with Crippen LogP contribution < -0.4 is 0 Å². The van der Waals surface area contributed by atoms with Crippen LogP contribution in [0.3, 0.4) is 0 Å². The predicted molar refractivity (Wildman–Crippen MR) is 108 cm³/mol. The maximum absolute atomic E-state index is 11.6. The lowest BCUT2D eigenvalue weighted by Gasteiger charge is -2.10. The van der Waals surface area contributed by atoms with Crippen LogP contribution in [0.4, 0.5) is 4.79 Å². The number of aryl methyl sites for hydroxylation is 2. The summed E-state index contributed by atoms with van der Waals surface area (Å²) < 4.78 is 10.3. The van der Waals surface area contributed by atoms with Crippen molar-refractivity contribution >= 4 is 6.16 Å². The van der Waals surface area contributed by atoms with E-state index >= 15 is 0 Å². The smallest absolute Gasteiger partial charge is 0.434 e. The van der Waals surface area contributed by atoms with Crippen molar-refractivity contribution in [1.82, 2.24) is 0 Å². The minimum atomic E-state index is -0.556. The van der Waals surface area contributed by atoms with Gasteiger partial charge in [-0.1, -0.05) is 67.4 Å². The average Bonchev–Trinajstić information content (AvgIpc) is 3.25. The standard InChI is InChI=1S/C24H30O3/c25-24(26-18-6-10-20-8-2-1-3-9-20)27-19-7-11-21-14-16-23(17-15-21)22-12-4-5-13-22/h1-3,8-9,14-17,22H,4-7,10-13,18-19H2. The molecular weight excluding hydrogens is 336 g/mol. The molecule has 0 aromatic heterocycles. The minimum absolute atomic E-state index is 0.399. The fourth-order valence-corrected chi connectivity index (χ4v) is 3.77. The Hall–Kier alpha value is -2.29. The third-order valence-electron chi connectivity index (χ3n) is 5.31. The lowest BCUT2D eigenvalue weighted by Crippen LogP contribution is -2.10. The van der Waals surface area contributed by atoms with Crippen LogP contribution in [0.15, 0.2) is 54.6 Å². The quantitative estimate of drug-likeness (QED) is 0.399. The Balaban J connectivity index is 1.24. The topological polar surface area (TPSA) is 35.5 Å². The maximum Gasteiger partial charge on any atom is 0.508 e. The molecule has 1 aliphatic carbocycles. The molecule has 0 radical (unpaired) electrons. The zero-order chi connectivity index (χ0) is 18.7. The second kappa shape index (κ2) is 10.8. The fourth-order valence-electron chi connectivity index (χ4n) is 3.77. The van der Waals surface area contributed by atoms with E-state index in [-0.39, 0.29) is 0 Å². The molecule has 3 rings (SSSR count). The van der Waals surface area contributed by atoms with Gasteiger partial charge in [0.1, 0.15) is 0 Å². The summed E-state index contributed by atoms with van der Waals surface area (Å²) in [6.07, 6.45) is 8.31. The number of carbonyl (C=O) groups excluding carboxylic acids is 1. The molecule has 144 valence electrons. The van der Waals surface area contributed by atoms with E-state index < -0.39 is 6.16 Å². The van der Waals surface area contributed by atoms with Crippen LogP contribution in [0.5, 0.6) is 0 Å². The number of carbonyl (C=O) groups is 1. The third kappa shape index (κ3) is 6.74. The van der Waals surface area contributed by atoms with Crippen LogP contribution in [0.25, 0.3) is 0 Å². The number of rotatable bonds is 9. The van der Waals surface area contributed by atoms with Crippen LogP contribution in [0.2, 0.25) is 0 Å². The van der Waals surface area contributed by atoms with Gasteiger partial charge in [0.2, 0.25) is 0 Å². The van der Waals surface area contributed by atoms with Crippen molar-refractivity contribution in [3.8, 4) is 0 Å². The largest absolute Gasteiger partial charge is 0.508 e. The first-order chi connectivity index (χ1) is 13.3. The Morgan fingerprint density at radius 2 is 1.33 bits per heavy atom. The molecular formula is C24H30O3. The summed E-state index contributed by atoms with van der Waals surface area (Å²) in [6.45, 7) is 0.804. The molecule has 1 saturated carbocycles.